The standard InChI is InChI=1S/C19H21F3N6O3S/c20-19(21,22)15-3-1-2-4-16(15)32(30,31)28-10-18(11-28)8-26(9-18)17(29)25-6-5-14(7-25)27-12-23-24-13-27/h1-4,12-14H,5-11H2/t14-/m0/s1. The van der Waals surface area contributed by atoms with Gasteiger partial charge < -0.3 is 14.4 Å². The van der Waals surface area contributed by atoms with Gasteiger partial charge in [-0.05, 0) is 18.6 Å². The highest BCUT2D eigenvalue weighted by molar-refractivity contribution is 7.89. The van der Waals surface area contributed by atoms with E-state index in [1.807, 2.05) is 4.57 Å². The zero-order chi connectivity index (χ0) is 22.7. The molecule has 0 aliphatic carbocycles. The van der Waals surface area contributed by atoms with E-state index < -0.39 is 26.7 Å². The van der Waals surface area contributed by atoms with Crippen LogP contribution in [0.2, 0.25) is 0 Å². The van der Waals surface area contributed by atoms with Crippen LogP contribution in [0.4, 0.5) is 18.0 Å². The number of halogens is 3. The van der Waals surface area contributed by atoms with Crippen molar-refractivity contribution in [2.75, 3.05) is 39.3 Å². The topological polar surface area (TPSA) is 91.6 Å². The van der Waals surface area contributed by atoms with Gasteiger partial charge in [0.2, 0.25) is 10.0 Å². The average molecular weight is 470 g/mol. The Morgan fingerprint density at radius 2 is 1.69 bits per heavy atom. The van der Waals surface area contributed by atoms with Crippen LogP contribution in [0.3, 0.4) is 0 Å². The molecule has 0 saturated carbocycles. The van der Waals surface area contributed by atoms with Gasteiger partial charge in [-0.3, -0.25) is 0 Å². The highest BCUT2D eigenvalue weighted by Crippen LogP contribution is 2.44. The van der Waals surface area contributed by atoms with Gasteiger partial charge in [0.05, 0.1) is 16.5 Å². The summed E-state index contributed by atoms with van der Waals surface area (Å²) in [5, 5.41) is 7.57. The van der Waals surface area contributed by atoms with Crippen LogP contribution >= 0.6 is 0 Å². The molecule has 0 unspecified atom stereocenters. The second kappa shape index (κ2) is 7.17. The van der Waals surface area contributed by atoms with E-state index >= 15 is 0 Å². The molecule has 2 amide bonds. The van der Waals surface area contributed by atoms with Gasteiger partial charge in [0, 0.05) is 44.7 Å². The fraction of sp³-hybridized carbons (Fsp3) is 0.526. The second-order valence-electron chi connectivity index (χ2n) is 8.70. The molecule has 2 aromatic rings. The summed E-state index contributed by atoms with van der Waals surface area (Å²) < 4.78 is 68.3. The van der Waals surface area contributed by atoms with E-state index in [2.05, 4.69) is 10.2 Å². The zero-order valence-corrected chi connectivity index (χ0v) is 17.8. The summed E-state index contributed by atoms with van der Waals surface area (Å²) in [6, 6.07) is 4.23. The van der Waals surface area contributed by atoms with Gasteiger partial charge in [-0.15, -0.1) is 10.2 Å². The Balaban J connectivity index is 1.19. The van der Waals surface area contributed by atoms with Crippen LogP contribution in [0, 0.1) is 5.41 Å². The summed E-state index contributed by atoms with van der Waals surface area (Å²) in [6.45, 7) is 2.16. The summed E-state index contributed by atoms with van der Waals surface area (Å²) in [4.78, 5) is 15.5. The lowest BCUT2D eigenvalue weighted by Crippen LogP contribution is -2.74. The van der Waals surface area contributed by atoms with Crippen molar-refractivity contribution < 1.29 is 26.4 Å². The van der Waals surface area contributed by atoms with Gasteiger partial charge in [0.15, 0.2) is 0 Å². The number of carbonyl (C=O) groups excluding carboxylic acids is 1. The number of hydrogen-bond donors (Lipinski definition) is 0. The number of benzene rings is 1. The van der Waals surface area contributed by atoms with Crippen LogP contribution in [-0.2, 0) is 16.2 Å². The molecule has 3 aliphatic heterocycles. The Kier molecular flexibility index (Phi) is 4.75. The van der Waals surface area contributed by atoms with E-state index in [0.717, 1.165) is 22.9 Å². The predicted molar refractivity (Wildman–Crippen MR) is 105 cm³/mol. The molecule has 0 radical (unpaired) electrons. The maximum Gasteiger partial charge on any atom is 0.417 e. The molecule has 13 heteroatoms. The van der Waals surface area contributed by atoms with Crippen LogP contribution in [0.25, 0.3) is 0 Å². The smallest absolute Gasteiger partial charge is 0.323 e. The minimum Gasteiger partial charge on any atom is -0.323 e. The number of hydrogen-bond acceptors (Lipinski definition) is 5. The van der Waals surface area contributed by atoms with Crippen LogP contribution in [0.15, 0.2) is 41.8 Å². The van der Waals surface area contributed by atoms with Crippen molar-refractivity contribution in [3.63, 3.8) is 0 Å². The SMILES string of the molecule is O=C(N1CC[C@H](n2cnnc2)C1)N1CC2(C1)CN(S(=O)(=O)c1ccccc1C(F)(F)F)C2. The molecule has 3 saturated heterocycles. The van der Waals surface area contributed by atoms with Crippen LogP contribution in [-0.4, -0.2) is 82.6 Å². The van der Waals surface area contributed by atoms with Gasteiger partial charge >= 0.3 is 12.2 Å². The quantitative estimate of drug-likeness (QED) is 0.681. The Bertz CT molecular complexity index is 1120. The fourth-order valence-corrected chi connectivity index (χ4v) is 6.67. The van der Waals surface area contributed by atoms with Crippen molar-refractivity contribution in [2.24, 2.45) is 5.41 Å². The first-order valence-corrected chi connectivity index (χ1v) is 11.6. The van der Waals surface area contributed by atoms with E-state index in [9.17, 15) is 26.4 Å². The second-order valence-corrected chi connectivity index (χ2v) is 10.6. The lowest BCUT2D eigenvalue weighted by atomic mass is 9.74. The van der Waals surface area contributed by atoms with E-state index in [1.165, 1.54) is 12.1 Å². The average Bonchev–Trinajstić information content (AvgIpc) is 3.36. The Morgan fingerprint density at radius 3 is 2.34 bits per heavy atom. The number of alkyl halides is 3. The van der Waals surface area contributed by atoms with E-state index in [-0.39, 0.29) is 30.6 Å². The molecule has 1 atom stereocenters. The third kappa shape index (κ3) is 3.43. The van der Waals surface area contributed by atoms with Gasteiger partial charge in [0.25, 0.3) is 0 Å². The molecule has 1 aromatic heterocycles. The first-order valence-electron chi connectivity index (χ1n) is 10.1. The highest BCUT2D eigenvalue weighted by Gasteiger charge is 2.57. The molecule has 1 spiro atoms. The van der Waals surface area contributed by atoms with E-state index in [4.69, 9.17) is 0 Å². The van der Waals surface area contributed by atoms with Crippen molar-refractivity contribution in [1.82, 2.24) is 28.9 Å². The predicted octanol–water partition coefficient (Wildman–Crippen LogP) is 1.67. The fourth-order valence-electron chi connectivity index (χ4n) is 4.79. The Labute approximate surface area is 182 Å². The Hall–Kier alpha value is -2.67. The van der Waals surface area contributed by atoms with Gasteiger partial charge in [-0.1, -0.05) is 12.1 Å². The number of carbonyl (C=O) groups is 1. The summed E-state index contributed by atoms with van der Waals surface area (Å²) in [6.07, 6.45) is -0.713. The number of amides is 2. The third-order valence-corrected chi connectivity index (χ3v) is 8.30. The van der Waals surface area contributed by atoms with Crippen molar-refractivity contribution in [3.8, 4) is 0 Å². The van der Waals surface area contributed by atoms with E-state index in [0.29, 0.717) is 26.2 Å². The van der Waals surface area contributed by atoms with Crippen LogP contribution in [0.1, 0.15) is 18.0 Å². The lowest BCUT2D eigenvalue weighted by Gasteiger charge is -2.59. The monoisotopic (exact) mass is 470 g/mol. The molecule has 9 nitrogen and oxygen atoms in total. The maximum absolute atomic E-state index is 13.3. The van der Waals surface area contributed by atoms with Crippen LogP contribution < -0.4 is 0 Å². The van der Waals surface area contributed by atoms with Gasteiger partial charge in [-0.2, -0.15) is 17.5 Å². The molecule has 172 valence electrons. The van der Waals surface area contributed by atoms with E-state index in [1.54, 1.807) is 22.5 Å². The first kappa shape index (κ1) is 21.2. The highest BCUT2D eigenvalue weighted by atomic mass is 32.2. The normalized spacial score (nSPS) is 23.3. The molecule has 4 heterocycles. The molecule has 3 aliphatic rings. The third-order valence-electron chi connectivity index (χ3n) is 6.45. The zero-order valence-electron chi connectivity index (χ0n) is 16.9. The largest absolute Gasteiger partial charge is 0.417 e. The molecule has 0 bridgehead atoms. The molecule has 5 rings (SSSR count). The number of aromatic nitrogens is 3. The number of rotatable bonds is 3. The van der Waals surface area contributed by atoms with Crippen molar-refractivity contribution in [1.29, 1.82) is 0 Å². The minimum absolute atomic E-state index is 0.102. The minimum atomic E-state index is -4.76. The van der Waals surface area contributed by atoms with Crippen molar-refractivity contribution in [2.45, 2.75) is 23.5 Å². The molecular formula is C19H21F3N6O3S. The number of nitrogens with zero attached hydrogens (tertiary/aromatic N) is 6. The summed E-state index contributed by atoms with van der Waals surface area (Å²) in [5.74, 6) is 0. The number of likely N-dealkylation sites (tertiary alicyclic amines) is 2. The van der Waals surface area contributed by atoms with Gasteiger partial charge in [-0.25, -0.2) is 13.2 Å². The molecule has 0 N–H and O–H groups in total. The lowest BCUT2D eigenvalue weighted by molar-refractivity contribution is -0.140. The maximum atomic E-state index is 13.3. The van der Waals surface area contributed by atoms with Crippen LogP contribution in [0.5, 0.6) is 0 Å². The molecule has 32 heavy (non-hydrogen) atoms. The summed E-state index contributed by atoms with van der Waals surface area (Å²) in [7, 11) is -4.26. The Morgan fingerprint density at radius 1 is 1.03 bits per heavy atom. The summed E-state index contributed by atoms with van der Waals surface area (Å²) >= 11 is 0. The molecule has 1 aromatic carbocycles. The number of sulfonamides is 1. The molecule has 3 fully saturated rings. The van der Waals surface area contributed by atoms with Crippen molar-refractivity contribution >= 4 is 16.1 Å². The van der Waals surface area contributed by atoms with Crippen molar-refractivity contribution in [3.05, 3.63) is 42.5 Å². The first-order chi connectivity index (χ1) is 15.1. The van der Waals surface area contributed by atoms with Gasteiger partial charge in [0.1, 0.15) is 12.7 Å². The molecular weight excluding hydrogens is 449 g/mol. The summed E-state index contributed by atoms with van der Waals surface area (Å²) in [5.41, 5.74) is -1.55. The number of urea groups is 1.